The van der Waals surface area contributed by atoms with E-state index >= 15 is 4.39 Å². The number of nitrogens with zero attached hydrogens (tertiary/aromatic N) is 4. The van der Waals surface area contributed by atoms with Gasteiger partial charge in [-0.25, -0.2) is 14.1 Å². The minimum atomic E-state index is -6.89. The second-order valence-corrected chi connectivity index (χ2v) is 10.1. The topological polar surface area (TPSA) is 113 Å². The summed E-state index contributed by atoms with van der Waals surface area (Å²) in [5.74, 6) is -8.44. The molecule has 0 aliphatic rings. The summed E-state index contributed by atoms with van der Waals surface area (Å²) >= 11 is 0. The lowest BCUT2D eigenvalue weighted by Gasteiger charge is -2.36. The quantitative estimate of drug-likeness (QED) is 0.190. The van der Waals surface area contributed by atoms with E-state index in [2.05, 4.69) is 20.7 Å². The molecule has 3 aromatic carbocycles. The molecule has 47 heavy (non-hydrogen) atoms. The number of nitriles is 1. The maximum Gasteiger partial charge on any atom is 0.457 e. The third-order valence-corrected chi connectivity index (χ3v) is 7.06. The minimum absolute atomic E-state index is 0.0297. The van der Waals surface area contributed by atoms with Crippen LogP contribution < -0.4 is 10.6 Å². The molecule has 0 aliphatic heterocycles. The Hall–Kier alpha value is -5.40. The van der Waals surface area contributed by atoms with E-state index in [1.54, 1.807) is 0 Å². The predicted octanol–water partition coefficient (Wildman–Crippen LogP) is 7.44. The van der Waals surface area contributed by atoms with Crippen molar-refractivity contribution in [3.63, 3.8) is 0 Å². The van der Waals surface area contributed by atoms with Crippen LogP contribution in [0.4, 0.5) is 50.9 Å². The maximum atomic E-state index is 15.2. The Morgan fingerprint density at radius 2 is 1.47 bits per heavy atom. The van der Waals surface area contributed by atoms with Crippen molar-refractivity contribution in [2.24, 2.45) is 0 Å². The van der Waals surface area contributed by atoms with E-state index in [0.717, 1.165) is 6.92 Å². The van der Waals surface area contributed by atoms with Crippen LogP contribution in [0, 0.1) is 18.3 Å². The van der Waals surface area contributed by atoms with Crippen molar-refractivity contribution in [1.82, 2.24) is 14.8 Å². The van der Waals surface area contributed by atoms with Gasteiger partial charge in [-0.3, -0.25) is 9.59 Å². The van der Waals surface area contributed by atoms with Crippen molar-refractivity contribution in [2.75, 3.05) is 10.6 Å². The summed E-state index contributed by atoms with van der Waals surface area (Å²) in [7, 11) is 0. The Balaban J connectivity index is 1.73. The van der Waals surface area contributed by atoms with Crippen molar-refractivity contribution in [1.29, 1.82) is 5.26 Å². The molecule has 0 saturated heterocycles. The molecule has 8 nitrogen and oxygen atoms in total. The molecular weight excluding hydrogens is 647 g/mol. The summed E-state index contributed by atoms with van der Waals surface area (Å²) in [6.07, 6.45) is -11.4. The molecule has 0 saturated carbocycles. The number of halogens is 9. The van der Waals surface area contributed by atoms with E-state index in [4.69, 9.17) is 5.26 Å². The number of carbonyl (C=O) groups is 2. The summed E-state index contributed by atoms with van der Waals surface area (Å²) in [5, 5.41) is 18.0. The van der Waals surface area contributed by atoms with Crippen LogP contribution in [0.15, 0.2) is 67.3 Å². The highest BCUT2D eigenvalue weighted by Gasteiger charge is 2.81. The van der Waals surface area contributed by atoms with E-state index in [-0.39, 0.29) is 52.3 Å². The molecule has 0 spiro atoms. The lowest BCUT2D eigenvalue weighted by Crippen LogP contribution is -2.59. The fourth-order valence-electron chi connectivity index (χ4n) is 4.62. The van der Waals surface area contributed by atoms with Gasteiger partial charge in [0.2, 0.25) is 0 Å². The van der Waals surface area contributed by atoms with E-state index in [1.807, 2.05) is 6.07 Å². The Morgan fingerprint density at radius 1 is 0.851 bits per heavy atom. The molecule has 0 bridgehead atoms. The van der Waals surface area contributed by atoms with Gasteiger partial charge in [-0.05, 0) is 73.0 Å². The summed E-state index contributed by atoms with van der Waals surface area (Å²) in [4.78, 5) is 30.1. The zero-order chi connectivity index (χ0) is 34.9. The number of amides is 2. The number of hydrogen-bond donors (Lipinski definition) is 2. The van der Waals surface area contributed by atoms with Crippen molar-refractivity contribution >= 4 is 23.2 Å². The molecule has 0 fully saturated rings. The van der Waals surface area contributed by atoms with Crippen LogP contribution in [-0.4, -0.2) is 44.9 Å². The Morgan fingerprint density at radius 3 is 2.00 bits per heavy atom. The Bertz CT molecular complexity index is 1850. The number of hydrogen-bond acceptors (Lipinski definition) is 5. The maximum absolute atomic E-state index is 15.2. The highest BCUT2D eigenvalue weighted by molar-refractivity contribution is 6.09. The van der Waals surface area contributed by atoms with Gasteiger partial charge in [-0.1, -0.05) is 13.0 Å². The molecule has 17 heteroatoms. The van der Waals surface area contributed by atoms with Gasteiger partial charge in [0.25, 0.3) is 11.8 Å². The fourth-order valence-corrected chi connectivity index (χ4v) is 4.62. The normalized spacial score (nSPS) is 13.4. The molecule has 4 rings (SSSR count). The Kier molecular flexibility index (Phi) is 9.11. The van der Waals surface area contributed by atoms with Crippen LogP contribution in [-0.2, 0) is 12.1 Å². The van der Waals surface area contributed by atoms with E-state index in [9.17, 15) is 44.7 Å². The molecule has 0 aliphatic carbocycles. The van der Waals surface area contributed by atoms with Gasteiger partial charge in [0.15, 0.2) is 0 Å². The number of benzene rings is 3. The molecule has 4 aromatic rings. The van der Waals surface area contributed by atoms with Gasteiger partial charge in [-0.15, -0.1) is 0 Å². The van der Waals surface area contributed by atoms with Crippen molar-refractivity contribution < 1.29 is 49.1 Å². The standard InChI is InChI=1S/C30H21F9N6O2/c1-3-18-11-21(27(31,29(34,35)36)28(32,33)30(37,38)39)10-16(2)24(18)44-26(47)20-8-9-23(45-15-41-14-42-45)22(12-20)43-25(46)19-6-4-17(13-40)5-7-19/h4-12,14-15H,3H2,1-2H3,(H,43,46)(H,44,47). The third-order valence-electron chi connectivity index (χ3n) is 7.06. The monoisotopic (exact) mass is 668 g/mol. The molecule has 1 atom stereocenters. The number of aromatic nitrogens is 3. The highest BCUT2D eigenvalue weighted by atomic mass is 19.4. The molecule has 2 N–H and O–H groups in total. The molecule has 2 amide bonds. The minimum Gasteiger partial charge on any atom is -0.321 e. The largest absolute Gasteiger partial charge is 0.457 e. The highest BCUT2D eigenvalue weighted by Crippen LogP contribution is 2.58. The summed E-state index contributed by atoms with van der Waals surface area (Å²) in [5.41, 5.74) is -8.64. The summed E-state index contributed by atoms with van der Waals surface area (Å²) < 4.78 is 125. The number of aryl methyl sites for hydroxylation is 2. The lowest BCUT2D eigenvalue weighted by atomic mass is 9.85. The number of alkyl halides is 9. The van der Waals surface area contributed by atoms with Gasteiger partial charge in [-0.2, -0.15) is 45.5 Å². The molecule has 246 valence electrons. The zero-order valence-corrected chi connectivity index (χ0v) is 24.1. The van der Waals surface area contributed by atoms with Crippen molar-refractivity contribution in [3.05, 3.63) is 101 Å². The van der Waals surface area contributed by atoms with Crippen LogP contribution in [0.3, 0.4) is 0 Å². The van der Waals surface area contributed by atoms with Gasteiger partial charge in [0.1, 0.15) is 12.7 Å². The summed E-state index contributed by atoms with van der Waals surface area (Å²) in [6, 6.07) is 11.7. The first-order valence-electron chi connectivity index (χ1n) is 13.3. The van der Waals surface area contributed by atoms with E-state index in [1.165, 1.54) is 66.7 Å². The molecular formula is C30H21F9N6O2. The smallest absolute Gasteiger partial charge is 0.321 e. The van der Waals surface area contributed by atoms with Crippen LogP contribution >= 0.6 is 0 Å². The van der Waals surface area contributed by atoms with Gasteiger partial charge < -0.3 is 10.6 Å². The van der Waals surface area contributed by atoms with Crippen molar-refractivity contribution in [2.45, 2.75) is 44.2 Å². The SMILES string of the molecule is CCc1cc(C(F)(C(F)(F)F)C(F)(F)C(F)(F)F)cc(C)c1NC(=O)c1ccc(-n2cncn2)c(NC(=O)c2ccc(C#N)cc2)c1. The predicted molar refractivity (Wildman–Crippen MR) is 149 cm³/mol. The van der Waals surface area contributed by atoms with Gasteiger partial charge in [0.05, 0.1) is 23.0 Å². The fraction of sp³-hybridized carbons (Fsp3) is 0.233. The van der Waals surface area contributed by atoms with E-state index < -0.39 is 46.9 Å². The second-order valence-electron chi connectivity index (χ2n) is 10.1. The lowest BCUT2D eigenvalue weighted by molar-refractivity contribution is -0.389. The third kappa shape index (κ3) is 6.35. The first-order chi connectivity index (χ1) is 21.8. The Labute approximate surface area is 259 Å². The molecule has 1 heterocycles. The average Bonchev–Trinajstić information content (AvgIpc) is 3.55. The molecule has 1 aromatic heterocycles. The first kappa shape index (κ1) is 34.5. The average molecular weight is 669 g/mol. The zero-order valence-electron chi connectivity index (χ0n) is 24.1. The number of nitrogens with one attached hydrogen (secondary N) is 2. The van der Waals surface area contributed by atoms with Crippen LogP contribution in [0.25, 0.3) is 5.69 Å². The number of rotatable bonds is 8. The van der Waals surface area contributed by atoms with Gasteiger partial charge in [0, 0.05) is 22.4 Å². The number of carbonyl (C=O) groups excluding carboxylic acids is 2. The van der Waals surface area contributed by atoms with Crippen LogP contribution in [0.2, 0.25) is 0 Å². The first-order valence-corrected chi connectivity index (χ1v) is 13.3. The van der Waals surface area contributed by atoms with E-state index in [0.29, 0.717) is 5.56 Å². The second kappa shape index (κ2) is 12.4. The molecule has 1 unspecified atom stereocenters. The molecule has 0 radical (unpaired) electrons. The van der Waals surface area contributed by atoms with Crippen molar-refractivity contribution in [3.8, 4) is 11.8 Å². The van der Waals surface area contributed by atoms with Gasteiger partial charge >= 0.3 is 23.9 Å². The van der Waals surface area contributed by atoms with Crippen LogP contribution in [0.5, 0.6) is 0 Å². The van der Waals surface area contributed by atoms with Crippen LogP contribution in [0.1, 0.15) is 49.9 Å². The summed E-state index contributed by atoms with van der Waals surface area (Å²) in [6.45, 7) is 2.30. The number of anilines is 2.